The van der Waals surface area contributed by atoms with Crippen LogP contribution in [-0.2, 0) is 4.74 Å². The van der Waals surface area contributed by atoms with Gasteiger partial charge in [0.2, 0.25) is 0 Å². The summed E-state index contributed by atoms with van der Waals surface area (Å²) >= 11 is 0. The molecule has 1 aromatic rings. The van der Waals surface area contributed by atoms with Crippen LogP contribution in [0.3, 0.4) is 0 Å². The lowest BCUT2D eigenvalue weighted by Gasteiger charge is -2.11. The second kappa shape index (κ2) is 6.34. The zero-order chi connectivity index (χ0) is 13.7. The van der Waals surface area contributed by atoms with E-state index in [2.05, 4.69) is 0 Å². The van der Waals surface area contributed by atoms with E-state index in [1.807, 2.05) is 13.8 Å². The van der Waals surface area contributed by atoms with Crippen molar-refractivity contribution in [1.82, 2.24) is 0 Å². The molecule has 0 saturated heterocycles. The number of ketones is 1. The highest BCUT2D eigenvalue weighted by molar-refractivity contribution is 6.06. The molecule has 0 aromatic heterocycles. The van der Waals surface area contributed by atoms with Gasteiger partial charge in [-0.3, -0.25) is 4.79 Å². The van der Waals surface area contributed by atoms with Gasteiger partial charge in [0.05, 0.1) is 11.7 Å². The highest BCUT2D eigenvalue weighted by atomic mass is 16.5. The van der Waals surface area contributed by atoms with E-state index >= 15 is 0 Å². The summed E-state index contributed by atoms with van der Waals surface area (Å²) in [7, 11) is 0. The van der Waals surface area contributed by atoms with E-state index in [1.54, 1.807) is 38.1 Å². The lowest BCUT2D eigenvalue weighted by atomic mass is 9.97. The van der Waals surface area contributed by atoms with Gasteiger partial charge in [-0.15, -0.1) is 0 Å². The molecule has 98 valence electrons. The zero-order valence-corrected chi connectivity index (χ0v) is 11.4. The van der Waals surface area contributed by atoms with Crippen LogP contribution in [-0.4, -0.2) is 17.9 Å². The Balaban J connectivity index is 2.99. The van der Waals surface area contributed by atoms with Gasteiger partial charge >= 0.3 is 5.97 Å². The molecule has 1 rings (SSSR count). The van der Waals surface area contributed by atoms with Crippen LogP contribution in [0.1, 0.15) is 54.8 Å². The summed E-state index contributed by atoms with van der Waals surface area (Å²) in [5.41, 5.74) is 0.814. The minimum absolute atomic E-state index is 0.0127. The molecule has 0 atom stereocenters. The Morgan fingerprint density at radius 2 is 1.61 bits per heavy atom. The Morgan fingerprint density at radius 3 is 2.11 bits per heavy atom. The maximum absolute atomic E-state index is 12.1. The number of rotatable bonds is 5. The fraction of sp³-hybridized carbons (Fsp3) is 0.467. The average molecular weight is 248 g/mol. The minimum Gasteiger partial charge on any atom is -0.459 e. The van der Waals surface area contributed by atoms with Gasteiger partial charge in [-0.25, -0.2) is 4.79 Å². The van der Waals surface area contributed by atoms with E-state index in [-0.39, 0.29) is 17.8 Å². The first-order valence-corrected chi connectivity index (χ1v) is 6.25. The second-order valence-corrected chi connectivity index (χ2v) is 5.02. The number of ether oxygens (including phenoxy) is 1. The Kier molecular flexibility index (Phi) is 5.08. The Labute approximate surface area is 108 Å². The number of hydrogen-bond acceptors (Lipinski definition) is 3. The number of carbonyl (C=O) groups excluding carboxylic acids is 2. The van der Waals surface area contributed by atoms with Crippen molar-refractivity contribution in [2.75, 3.05) is 0 Å². The number of esters is 1. The molecule has 0 radical (unpaired) electrons. The van der Waals surface area contributed by atoms with Crippen molar-refractivity contribution in [3.63, 3.8) is 0 Å². The molecule has 0 N–H and O–H groups in total. The van der Waals surface area contributed by atoms with Crippen LogP contribution in [0.2, 0.25) is 0 Å². The fourth-order valence-electron chi connectivity index (χ4n) is 1.66. The summed E-state index contributed by atoms with van der Waals surface area (Å²) in [6.07, 6.45) is 0.247. The molecule has 1 aromatic carbocycles. The van der Waals surface area contributed by atoms with Crippen LogP contribution < -0.4 is 0 Å². The van der Waals surface area contributed by atoms with Gasteiger partial charge in [-0.05, 0) is 25.8 Å². The second-order valence-electron chi connectivity index (χ2n) is 5.02. The molecule has 3 nitrogen and oxygen atoms in total. The van der Waals surface area contributed by atoms with Gasteiger partial charge in [-0.1, -0.05) is 32.0 Å². The summed E-state index contributed by atoms with van der Waals surface area (Å²) in [6.45, 7) is 7.53. The first-order valence-electron chi connectivity index (χ1n) is 6.25. The van der Waals surface area contributed by atoms with E-state index < -0.39 is 5.97 Å². The molecule has 0 aliphatic heterocycles. The van der Waals surface area contributed by atoms with Crippen molar-refractivity contribution in [1.29, 1.82) is 0 Å². The van der Waals surface area contributed by atoms with E-state index in [0.29, 0.717) is 17.5 Å². The first-order chi connectivity index (χ1) is 8.41. The first kappa shape index (κ1) is 14.4. The van der Waals surface area contributed by atoms with Crippen molar-refractivity contribution in [3.05, 3.63) is 35.4 Å². The molecule has 18 heavy (non-hydrogen) atoms. The summed E-state index contributed by atoms with van der Waals surface area (Å²) in [5, 5.41) is 0. The molecule has 0 saturated carbocycles. The standard InChI is InChI=1S/C15H20O3/c1-10(2)9-14(16)12-7-5-6-8-13(12)15(17)18-11(3)4/h5-8,10-11H,9H2,1-4H3. The number of hydrogen-bond donors (Lipinski definition) is 0. The quantitative estimate of drug-likeness (QED) is 0.592. The minimum atomic E-state index is -0.433. The predicted molar refractivity (Wildman–Crippen MR) is 70.8 cm³/mol. The summed E-state index contributed by atoms with van der Waals surface area (Å²) < 4.78 is 5.14. The third-order valence-electron chi connectivity index (χ3n) is 2.38. The Bertz CT molecular complexity index is 392. The molecule has 0 heterocycles. The van der Waals surface area contributed by atoms with Crippen LogP contribution in [0.15, 0.2) is 24.3 Å². The third-order valence-corrected chi connectivity index (χ3v) is 2.38. The highest BCUT2D eigenvalue weighted by Crippen LogP contribution is 2.16. The maximum Gasteiger partial charge on any atom is 0.339 e. The normalized spacial score (nSPS) is 10.8. The smallest absolute Gasteiger partial charge is 0.339 e. The SMILES string of the molecule is CC(C)CC(=O)c1ccccc1C(=O)OC(C)C. The summed E-state index contributed by atoms with van der Waals surface area (Å²) in [4.78, 5) is 24.0. The summed E-state index contributed by atoms with van der Waals surface area (Å²) in [5.74, 6) is -0.175. The van der Waals surface area contributed by atoms with Crippen molar-refractivity contribution >= 4 is 11.8 Å². The van der Waals surface area contributed by atoms with Gasteiger partial charge in [0.15, 0.2) is 5.78 Å². The van der Waals surface area contributed by atoms with Crippen LogP contribution in [0.4, 0.5) is 0 Å². The van der Waals surface area contributed by atoms with Crippen molar-refractivity contribution in [3.8, 4) is 0 Å². The number of carbonyl (C=O) groups is 2. The lowest BCUT2D eigenvalue weighted by Crippen LogP contribution is -2.16. The monoisotopic (exact) mass is 248 g/mol. The molecule has 0 aliphatic rings. The van der Waals surface area contributed by atoms with Gasteiger partial charge in [-0.2, -0.15) is 0 Å². The van der Waals surface area contributed by atoms with E-state index in [0.717, 1.165) is 0 Å². The van der Waals surface area contributed by atoms with E-state index in [9.17, 15) is 9.59 Å². The number of Topliss-reactive ketones (excluding diaryl/α,β-unsaturated/α-hetero) is 1. The van der Waals surface area contributed by atoms with Gasteiger partial charge in [0.25, 0.3) is 0 Å². The number of benzene rings is 1. The Morgan fingerprint density at radius 1 is 1.06 bits per heavy atom. The molecule has 0 unspecified atom stereocenters. The van der Waals surface area contributed by atoms with Crippen LogP contribution in [0.5, 0.6) is 0 Å². The van der Waals surface area contributed by atoms with E-state index in [4.69, 9.17) is 4.74 Å². The van der Waals surface area contributed by atoms with Gasteiger partial charge < -0.3 is 4.74 Å². The topological polar surface area (TPSA) is 43.4 Å². The zero-order valence-electron chi connectivity index (χ0n) is 11.4. The maximum atomic E-state index is 12.1. The van der Waals surface area contributed by atoms with E-state index in [1.165, 1.54) is 0 Å². The largest absolute Gasteiger partial charge is 0.459 e. The molecule has 0 amide bonds. The molecule has 0 spiro atoms. The molecular formula is C15H20O3. The van der Waals surface area contributed by atoms with Gasteiger partial charge in [0, 0.05) is 12.0 Å². The molecule has 0 aliphatic carbocycles. The van der Waals surface area contributed by atoms with Gasteiger partial charge in [0.1, 0.15) is 0 Å². The van der Waals surface area contributed by atoms with Crippen molar-refractivity contribution < 1.29 is 14.3 Å². The molecular weight excluding hydrogens is 228 g/mol. The van der Waals surface area contributed by atoms with Crippen LogP contribution in [0, 0.1) is 5.92 Å². The van der Waals surface area contributed by atoms with Crippen molar-refractivity contribution in [2.24, 2.45) is 5.92 Å². The molecule has 0 bridgehead atoms. The predicted octanol–water partition coefficient (Wildman–Crippen LogP) is 3.48. The van der Waals surface area contributed by atoms with Crippen molar-refractivity contribution in [2.45, 2.75) is 40.2 Å². The fourth-order valence-corrected chi connectivity index (χ4v) is 1.66. The van der Waals surface area contributed by atoms with Crippen LogP contribution in [0.25, 0.3) is 0 Å². The Hall–Kier alpha value is -1.64. The average Bonchev–Trinajstić information content (AvgIpc) is 2.27. The molecule has 0 fully saturated rings. The molecule has 3 heteroatoms. The summed E-state index contributed by atoms with van der Waals surface area (Å²) in [6, 6.07) is 6.82. The lowest BCUT2D eigenvalue weighted by molar-refractivity contribution is 0.0375. The third kappa shape index (κ3) is 3.99. The van der Waals surface area contributed by atoms with Crippen LogP contribution >= 0.6 is 0 Å². The highest BCUT2D eigenvalue weighted by Gasteiger charge is 2.18.